The number of halogens is 2. The quantitative estimate of drug-likeness (QED) is 0.415. The van der Waals surface area contributed by atoms with E-state index in [9.17, 15) is 13.6 Å². The summed E-state index contributed by atoms with van der Waals surface area (Å²) < 4.78 is 46.3. The monoisotopic (exact) mass is 568 g/mol. The molecule has 0 N–H and O–H groups in total. The van der Waals surface area contributed by atoms with Crippen molar-refractivity contribution in [1.29, 1.82) is 0 Å². The van der Waals surface area contributed by atoms with E-state index in [1.807, 2.05) is 10.9 Å². The van der Waals surface area contributed by atoms with Crippen LogP contribution in [0.25, 0.3) is 11.3 Å². The van der Waals surface area contributed by atoms with Crippen molar-refractivity contribution >= 4 is 11.9 Å². The van der Waals surface area contributed by atoms with E-state index in [0.29, 0.717) is 64.3 Å². The Bertz CT molecular complexity index is 1390. The maximum absolute atomic E-state index is 14.2. The maximum atomic E-state index is 14.2. The summed E-state index contributed by atoms with van der Waals surface area (Å²) in [4.78, 5) is 26.4. The lowest BCUT2D eigenvalue weighted by Gasteiger charge is -2.35. The number of aromatic nitrogens is 4. The van der Waals surface area contributed by atoms with Gasteiger partial charge in [0.25, 0.3) is 0 Å². The topological polar surface area (TPSA) is 94.8 Å². The van der Waals surface area contributed by atoms with Crippen LogP contribution in [-0.4, -0.2) is 69.7 Å². The van der Waals surface area contributed by atoms with E-state index in [1.54, 1.807) is 18.0 Å². The Morgan fingerprint density at radius 2 is 1.95 bits per heavy atom. The van der Waals surface area contributed by atoms with Gasteiger partial charge in [-0.25, -0.2) is 28.2 Å². The highest BCUT2D eigenvalue weighted by molar-refractivity contribution is 5.72. The van der Waals surface area contributed by atoms with Crippen LogP contribution in [0, 0.1) is 11.6 Å². The predicted molar refractivity (Wildman–Crippen MR) is 145 cm³/mol. The van der Waals surface area contributed by atoms with E-state index in [-0.39, 0.29) is 24.2 Å². The van der Waals surface area contributed by atoms with Crippen LogP contribution < -0.4 is 9.64 Å². The number of benzene rings is 1. The molecule has 0 radical (unpaired) electrons. The number of ether oxygens (including phenoxy) is 3. The molecular formula is C29H34F2N6O4. The first kappa shape index (κ1) is 27.4. The Labute approximate surface area is 237 Å². The highest BCUT2D eigenvalue weighted by Crippen LogP contribution is 2.34. The molecule has 2 saturated heterocycles. The summed E-state index contributed by atoms with van der Waals surface area (Å²) in [6.45, 7) is 4.91. The van der Waals surface area contributed by atoms with Crippen LogP contribution in [0.2, 0.25) is 0 Å². The Hall–Kier alpha value is -3.80. The lowest BCUT2D eigenvalue weighted by Crippen LogP contribution is -2.40. The number of rotatable bonds is 6. The zero-order valence-corrected chi connectivity index (χ0v) is 23.1. The van der Waals surface area contributed by atoms with Crippen LogP contribution in [0.15, 0.2) is 30.6 Å². The number of hydrogen-bond acceptors (Lipinski definition) is 8. The van der Waals surface area contributed by atoms with Crippen LogP contribution in [0.4, 0.5) is 19.4 Å². The number of nitrogens with zero attached hydrogens (tertiary/aromatic N) is 6. The van der Waals surface area contributed by atoms with Crippen molar-refractivity contribution in [3.8, 4) is 17.0 Å². The van der Waals surface area contributed by atoms with Crippen molar-refractivity contribution in [2.75, 3.05) is 37.7 Å². The van der Waals surface area contributed by atoms with Gasteiger partial charge < -0.3 is 24.0 Å². The molecule has 12 heteroatoms. The summed E-state index contributed by atoms with van der Waals surface area (Å²) in [5, 5.41) is 4.59. The van der Waals surface area contributed by atoms with Crippen LogP contribution in [0.1, 0.15) is 56.6 Å². The van der Waals surface area contributed by atoms with Gasteiger partial charge in [0.15, 0.2) is 17.4 Å². The first-order chi connectivity index (χ1) is 20.0. The lowest BCUT2D eigenvalue weighted by molar-refractivity contribution is -0.0394. The average molecular weight is 569 g/mol. The molecule has 2 aromatic heterocycles. The van der Waals surface area contributed by atoms with E-state index < -0.39 is 11.6 Å². The summed E-state index contributed by atoms with van der Waals surface area (Å²) >= 11 is 0. The number of carbonyl (C=O) groups is 1. The molecule has 218 valence electrons. The standard InChI is InChI=1S/C29H34F2N6O4/c1-2-39-29(38)36-13-10-23-24(18-36)33-27(19-16-32-37(17-19)26-5-3-4-14-40-26)28(34-23)35-11-8-21(9-12-35)41-25-7-6-20(30)15-22(25)31/h6-7,15-17,21,26H,2-5,8-14,18H2,1H3. The molecule has 5 heterocycles. The summed E-state index contributed by atoms with van der Waals surface area (Å²) in [6.07, 6.45) is 7.98. The summed E-state index contributed by atoms with van der Waals surface area (Å²) in [6, 6.07) is 3.36. The molecule has 0 saturated carbocycles. The fraction of sp³-hybridized carbons (Fsp3) is 0.517. The molecule has 1 aromatic carbocycles. The van der Waals surface area contributed by atoms with Gasteiger partial charge in [-0.05, 0) is 38.3 Å². The molecular weight excluding hydrogens is 534 g/mol. The van der Waals surface area contributed by atoms with Gasteiger partial charge in [-0.2, -0.15) is 5.10 Å². The van der Waals surface area contributed by atoms with E-state index in [1.165, 1.54) is 12.1 Å². The molecule has 3 aromatic rings. The van der Waals surface area contributed by atoms with Gasteiger partial charge in [-0.3, -0.25) is 0 Å². The minimum Gasteiger partial charge on any atom is -0.487 e. The minimum atomic E-state index is -0.703. The highest BCUT2D eigenvalue weighted by Gasteiger charge is 2.30. The molecule has 3 aliphatic heterocycles. The van der Waals surface area contributed by atoms with E-state index in [0.717, 1.165) is 48.1 Å². The summed E-state index contributed by atoms with van der Waals surface area (Å²) in [5.41, 5.74) is 3.12. The third-order valence-electron chi connectivity index (χ3n) is 7.77. The Morgan fingerprint density at radius 1 is 1.10 bits per heavy atom. The summed E-state index contributed by atoms with van der Waals surface area (Å²) in [5.74, 6) is -0.524. The van der Waals surface area contributed by atoms with Crippen LogP contribution in [-0.2, 0) is 22.4 Å². The molecule has 0 aliphatic carbocycles. The van der Waals surface area contributed by atoms with Crippen molar-refractivity contribution in [1.82, 2.24) is 24.6 Å². The zero-order chi connectivity index (χ0) is 28.3. The first-order valence-electron chi connectivity index (χ1n) is 14.3. The molecule has 0 spiro atoms. The van der Waals surface area contributed by atoms with Gasteiger partial charge in [-0.1, -0.05) is 0 Å². The third-order valence-corrected chi connectivity index (χ3v) is 7.77. The third kappa shape index (κ3) is 5.97. The van der Waals surface area contributed by atoms with Crippen molar-refractivity contribution in [2.24, 2.45) is 0 Å². The number of carbonyl (C=O) groups excluding carboxylic acids is 1. The Kier molecular flexibility index (Phi) is 8.00. The predicted octanol–water partition coefficient (Wildman–Crippen LogP) is 4.88. The molecule has 1 unspecified atom stereocenters. The minimum absolute atomic E-state index is 0.0580. The van der Waals surface area contributed by atoms with Crippen LogP contribution >= 0.6 is 0 Å². The average Bonchev–Trinajstić information content (AvgIpc) is 3.49. The highest BCUT2D eigenvalue weighted by atomic mass is 19.1. The lowest BCUT2D eigenvalue weighted by atomic mass is 10.1. The van der Waals surface area contributed by atoms with E-state index in [4.69, 9.17) is 24.2 Å². The maximum Gasteiger partial charge on any atom is 0.410 e. The molecule has 1 atom stereocenters. The largest absolute Gasteiger partial charge is 0.487 e. The molecule has 1 amide bonds. The van der Waals surface area contributed by atoms with Crippen molar-refractivity contribution in [3.05, 3.63) is 53.6 Å². The molecule has 10 nitrogen and oxygen atoms in total. The number of fused-ring (bicyclic) bond motifs is 1. The second-order valence-electron chi connectivity index (χ2n) is 10.6. The SMILES string of the molecule is CCOC(=O)N1CCc2nc(N3CCC(Oc4ccc(F)cc4F)CC3)c(-c3cnn(C4CCCCO4)c3)nc2C1. The van der Waals surface area contributed by atoms with Crippen molar-refractivity contribution in [3.63, 3.8) is 0 Å². The van der Waals surface area contributed by atoms with Gasteiger partial charge in [0.05, 0.1) is 30.7 Å². The number of piperidine rings is 1. The van der Waals surface area contributed by atoms with Gasteiger partial charge in [-0.15, -0.1) is 0 Å². The van der Waals surface area contributed by atoms with Crippen molar-refractivity contribution < 1.29 is 27.8 Å². The Balaban J connectivity index is 1.25. The molecule has 3 aliphatic rings. The van der Waals surface area contributed by atoms with Gasteiger partial charge in [0.2, 0.25) is 0 Å². The Morgan fingerprint density at radius 3 is 2.71 bits per heavy atom. The van der Waals surface area contributed by atoms with Crippen LogP contribution in [0.3, 0.4) is 0 Å². The molecule has 2 fully saturated rings. The second-order valence-corrected chi connectivity index (χ2v) is 10.6. The van der Waals surface area contributed by atoms with Gasteiger partial charge in [0, 0.05) is 63.3 Å². The normalized spacial score (nSPS) is 19.6. The fourth-order valence-corrected chi connectivity index (χ4v) is 5.59. The first-order valence-corrected chi connectivity index (χ1v) is 14.3. The van der Waals surface area contributed by atoms with Crippen molar-refractivity contribution in [2.45, 2.75) is 64.3 Å². The molecule has 0 bridgehead atoms. The fourth-order valence-electron chi connectivity index (χ4n) is 5.59. The van der Waals surface area contributed by atoms with E-state index >= 15 is 0 Å². The van der Waals surface area contributed by atoms with Gasteiger partial charge >= 0.3 is 6.09 Å². The smallest absolute Gasteiger partial charge is 0.410 e. The van der Waals surface area contributed by atoms with E-state index in [2.05, 4.69) is 10.00 Å². The molecule has 41 heavy (non-hydrogen) atoms. The molecule has 6 rings (SSSR count). The summed E-state index contributed by atoms with van der Waals surface area (Å²) in [7, 11) is 0. The number of anilines is 1. The number of amides is 1. The zero-order valence-electron chi connectivity index (χ0n) is 23.1. The number of hydrogen-bond donors (Lipinski definition) is 0. The van der Waals surface area contributed by atoms with Gasteiger partial charge in [0.1, 0.15) is 23.8 Å². The van der Waals surface area contributed by atoms with Crippen LogP contribution in [0.5, 0.6) is 5.75 Å². The second kappa shape index (κ2) is 12.0.